The molecule has 0 fully saturated rings. The molecule has 3 rings (SSSR count). The van der Waals surface area contributed by atoms with Crippen LogP contribution in [0.15, 0.2) is 23.1 Å². The second-order valence-electron chi connectivity index (χ2n) is 6.34. The molecule has 0 radical (unpaired) electrons. The van der Waals surface area contributed by atoms with Gasteiger partial charge in [-0.15, -0.1) is 0 Å². The molecule has 0 spiro atoms. The van der Waals surface area contributed by atoms with Crippen LogP contribution in [0.4, 0.5) is 0 Å². The van der Waals surface area contributed by atoms with E-state index >= 15 is 0 Å². The Bertz CT molecular complexity index is 853. The summed E-state index contributed by atoms with van der Waals surface area (Å²) in [7, 11) is -1.67. The maximum atomic E-state index is 12.7. The Hall–Kier alpha value is -1.66. The first-order chi connectivity index (χ1) is 10.8. The maximum Gasteiger partial charge on any atom is 0.241 e. The van der Waals surface area contributed by atoms with Crippen molar-refractivity contribution in [2.24, 2.45) is 7.05 Å². The molecule has 1 atom stereocenters. The summed E-state index contributed by atoms with van der Waals surface area (Å²) in [5, 5.41) is 4.36. The summed E-state index contributed by atoms with van der Waals surface area (Å²) < 4.78 is 30.0. The van der Waals surface area contributed by atoms with E-state index in [-0.39, 0.29) is 6.04 Å². The van der Waals surface area contributed by atoms with Gasteiger partial charge in [-0.05, 0) is 63.3 Å². The number of nitrogens with one attached hydrogen (secondary N) is 1. The highest BCUT2D eigenvalue weighted by molar-refractivity contribution is 7.89. The molecule has 1 aromatic heterocycles. The molecule has 5 nitrogen and oxygen atoms in total. The normalized spacial score (nSPS) is 15.7. The topological polar surface area (TPSA) is 64.0 Å². The molecule has 1 heterocycles. The van der Waals surface area contributed by atoms with Crippen molar-refractivity contribution in [2.75, 3.05) is 0 Å². The van der Waals surface area contributed by atoms with Crippen molar-refractivity contribution in [3.63, 3.8) is 0 Å². The molecule has 0 amide bonds. The van der Waals surface area contributed by atoms with Crippen LogP contribution >= 0.6 is 0 Å². The average molecular weight is 333 g/mol. The maximum absolute atomic E-state index is 12.7. The Morgan fingerprint density at radius 3 is 2.57 bits per heavy atom. The van der Waals surface area contributed by atoms with Gasteiger partial charge in [0.1, 0.15) is 0 Å². The molecule has 1 unspecified atom stereocenters. The van der Waals surface area contributed by atoms with Gasteiger partial charge in [0.05, 0.1) is 10.6 Å². The van der Waals surface area contributed by atoms with E-state index < -0.39 is 10.0 Å². The van der Waals surface area contributed by atoms with Gasteiger partial charge < -0.3 is 0 Å². The fourth-order valence-corrected chi connectivity index (χ4v) is 4.76. The van der Waals surface area contributed by atoms with Gasteiger partial charge in [-0.3, -0.25) is 4.68 Å². The Morgan fingerprint density at radius 1 is 1.22 bits per heavy atom. The Morgan fingerprint density at radius 2 is 1.91 bits per heavy atom. The predicted octanol–water partition coefficient (Wildman–Crippen LogP) is 2.57. The summed E-state index contributed by atoms with van der Waals surface area (Å²) >= 11 is 0. The van der Waals surface area contributed by atoms with Crippen LogP contribution in [0.3, 0.4) is 0 Å². The van der Waals surface area contributed by atoms with E-state index in [1.165, 1.54) is 5.56 Å². The van der Waals surface area contributed by atoms with Crippen molar-refractivity contribution in [3.8, 4) is 0 Å². The number of hydrogen-bond donors (Lipinski definition) is 1. The summed E-state index contributed by atoms with van der Waals surface area (Å²) in [4.78, 5) is 0.351. The number of hydrogen-bond acceptors (Lipinski definition) is 3. The lowest BCUT2D eigenvalue weighted by Crippen LogP contribution is -2.27. The number of fused-ring (bicyclic) bond motifs is 1. The van der Waals surface area contributed by atoms with Crippen molar-refractivity contribution in [1.82, 2.24) is 14.5 Å². The van der Waals surface area contributed by atoms with Gasteiger partial charge in [-0.25, -0.2) is 13.1 Å². The van der Waals surface area contributed by atoms with Crippen molar-refractivity contribution in [1.29, 1.82) is 0 Å². The van der Waals surface area contributed by atoms with E-state index in [2.05, 4.69) is 9.82 Å². The van der Waals surface area contributed by atoms with Crippen molar-refractivity contribution >= 4 is 10.0 Å². The van der Waals surface area contributed by atoms with Crippen LogP contribution in [-0.2, 0) is 29.9 Å². The highest BCUT2D eigenvalue weighted by Gasteiger charge is 2.24. The van der Waals surface area contributed by atoms with Crippen LogP contribution in [0.1, 0.15) is 47.5 Å². The standard InChI is InChI=1S/C17H23N3O2S/c1-11-17(13(3)20(4)18-11)12(2)19-23(21,22)16-9-8-14-6-5-7-15(14)10-16/h8-10,12,19H,5-7H2,1-4H3. The van der Waals surface area contributed by atoms with Gasteiger partial charge in [0.15, 0.2) is 0 Å². The van der Waals surface area contributed by atoms with Crippen LogP contribution in [0.25, 0.3) is 0 Å². The molecule has 0 aliphatic heterocycles. The smallest absolute Gasteiger partial charge is 0.241 e. The summed E-state index contributed by atoms with van der Waals surface area (Å²) in [6, 6.07) is 5.16. The SMILES string of the molecule is Cc1nn(C)c(C)c1C(C)NS(=O)(=O)c1ccc2c(c1)CCC2. The van der Waals surface area contributed by atoms with Crippen molar-refractivity contribution in [3.05, 3.63) is 46.3 Å². The third-order valence-corrected chi connectivity index (χ3v) is 6.25. The molecule has 0 bridgehead atoms. The lowest BCUT2D eigenvalue weighted by Gasteiger charge is -2.16. The zero-order valence-electron chi connectivity index (χ0n) is 14.0. The summed E-state index contributed by atoms with van der Waals surface area (Å²) in [6.45, 7) is 5.72. The number of benzene rings is 1. The summed E-state index contributed by atoms with van der Waals surface area (Å²) in [6.07, 6.45) is 3.12. The zero-order valence-corrected chi connectivity index (χ0v) is 14.9. The highest BCUT2D eigenvalue weighted by Crippen LogP contribution is 2.26. The van der Waals surface area contributed by atoms with Gasteiger partial charge in [-0.2, -0.15) is 5.10 Å². The molecular weight excluding hydrogens is 310 g/mol. The van der Waals surface area contributed by atoms with E-state index in [4.69, 9.17) is 0 Å². The molecule has 2 aromatic rings. The lowest BCUT2D eigenvalue weighted by atomic mass is 10.1. The van der Waals surface area contributed by atoms with Crippen LogP contribution in [0, 0.1) is 13.8 Å². The molecule has 23 heavy (non-hydrogen) atoms. The Kier molecular flexibility index (Phi) is 4.06. The fourth-order valence-electron chi connectivity index (χ4n) is 3.49. The lowest BCUT2D eigenvalue weighted by molar-refractivity contribution is 0.565. The predicted molar refractivity (Wildman–Crippen MR) is 89.9 cm³/mol. The minimum atomic E-state index is -3.54. The fraction of sp³-hybridized carbons (Fsp3) is 0.471. The Labute approximate surface area is 137 Å². The van der Waals surface area contributed by atoms with Gasteiger partial charge in [-0.1, -0.05) is 6.07 Å². The molecule has 0 saturated carbocycles. The number of aromatic nitrogens is 2. The minimum absolute atomic E-state index is 0.318. The monoisotopic (exact) mass is 333 g/mol. The molecular formula is C17H23N3O2S. The molecule has 1 aromatic carbocycles. The van der Waals surface area contributed by atoms with Gasteiger partial charge in [0.25, 0.3) is 0 Å². The number of nitrogens with zero attached hydrogens (tertiary/aromatic N) is 2. The third kappa shape index (κ3) is 2.93. The van der Waals surface area contributed by atoms with Gasteiger partial charge in [0, 0.05) is 24.3 Å². The molecule has 0 saturated heterocycles. The first kappa shape index (κ1) is 16.2. The van der Waals surface area contributed by atoms with E-state index in [0.29, 0.717) is 4.90 Å². The van der Waals surface area contributed by atoms with Crippen LogP contribution in [-0.4, -0.2) is 18.2 Å². The Balaban J connectivity index is 1.89. The average Bonchev–Trinajstić information content (AvgIpc) is 3.02. The molecule has 124 valence electrons. The number of sulfonamides is 1. The molecule has 1 aliphatic carbocycles. The third-order valence-electron chi connectivity index (χ3n) is 4.71. The molecule has 1 aliphatic rings. The first-order valence-electron chi connectivity index (χ1n) is 7.94. The van der Waals surface area contributed by atoms with E-state index in [9.17, 15) is 8.42 Å². The van der Waals surface area contributed by atoms with Crippen molar-refractivity contribution < 1.29 is 8.42 Å². The second-order valence-corrected chi connectivity index (χ2v) is 8.05. The minimum Gasteiger partial charge on any atom is -0.272 e. The highest BCUT2D eigenvalue weighted by atomic mass is 32.2. The van der Waals surface area contributed by atoms with Gasteiger partial charge >= 0.3 is 0 Å². The molecule has 1 N–H and O–H groups in total. The van der Waals surface area contributed by atoms with Gasteiger partial charge in [0.2, 0.25) is 10.0 Å². The van der Waals surface area contributed by atoms with Crippen LogP contribution in [0.5, 0.6) is 0 Å². The van der Waals surface area contributed by atoms with E-state index in [1.54, 1.807) is 10.7 Å². The van der Waals surface area contributed by atoms with E-state index in [0.717, 1.165) is 41.8 Å². The van der Waals surface area contributed by atoms with Crippen LogP contribution < -0.4 is 4.72 Å². The van der Waals surface area contributed by atoms with E-state index in [1.807, 2.05) is 40.0 Å². The second kappa shape index (κ2) is 5.76. The van der Waals surface area contributed by atoms with Crippen LogP contribution in [0.2, 0.25) is 0 Å². The largest absolute Gasteiger partial charge is 0.272 e. The zero-order chi connectivity index (χ0) is 16.8. The summed E-state index contributed by atoms with van der Waals surface area (Å²) in [5.74, 6) is 0. The number of aryl methyl sites for hydroxylation is 4. The molecule has 6 heteroatoms. The first-order valence-corrected chi connectivity index (χ1v) is 9.42. The quantitative estimate of drug-likeness (QED) is 0.935. The summed E-state index contributed by atoms with van der Waals surface area (Å²) in [5.41, 5.74) is 5.21. The number of rotatable bonds is 4. The van der Waals surface area contributed by atoms with Crippen molar-refractivity contribution in [2.45, 2.75) is 51.0 Å².